The molecule has 14 heavy (non-hydrogen) atoms. The summed E-state index contributed by atoms with van der Waals surface area (Å²) >= 11 is 0. The second-order valence-electron chi connectivity index (χ2n) is 3.54. The molecule has 4 nitrogen and oxygen atoms in total. The zero-order valence-electron chi connectivity index (χ0n) is 9.08. The van der Waals surface area contributed by atoms with Gasteiger partial charge in [-0.15, -0.1) is 0 Å². The van der Waals surface area contributed by atoms with Crippen molar-refractivity contribution in [3.8, 4) is 0 Å². The molecule has 0 radical (unpaired) electrons. The van der Waals surface area contributed by atoms with E-state index < -0.39 is 9.76 Å². The van der Waals surface area contributed by atoms with Crippen molar-refractivity contribution < 1.29 is 4.43 Å². The van der Waals surface area contributed by atoms with Crippen LogP contribution in [0.3, 0.4) is 0 Å². The summed E-state index contributed by atoms with van der Waals surface area (Å²) in [5.74, 6) is 0. The monoisotopic (exact) mass is 219 g/mol. The number of rotatable bonds is 10. The molecule has 0 fully saturated rings. The Balaban J connectivity index is 3.07. The highest BCUT2D eigenvalue weighted by Gasteiger charge is 2.01. The summed E-state index contributed by atoms with van der Waals surface area (Å²) in [4.78, 5) is 0. The second kappa shape index (κ2) is 11.1. The van der Waals surface area contributed by atoms with E-state index in [1.807, 2.05) is 0 Å². The zero-order valence-corrected chi connectivity index (χ0v) is 10.5. The van der Waals surface area contributed by atoms with Gasteiger partial charge in [0.1, 0.15) is 0 Å². The van der Waals surface area contributed by atoms with Crippen molar-refractivity contribution in [2.75, 3.05) is 13.1 Å². The summed E-state index contributed by atoms with van der Waals surface area (Å²) in [7, 11) is -0.416. The lowest BCUT2D eigenvalue weighted by molar-refractivity contribution is 0.203. The van der Waals surface area contributed by atoms with E-state index in [1.165, 1.54) is 0 Å². The van der Waals surface area contributed by atoms with Crippen molar-refractivity contribution >= 4 is 9.76 Å². The summed E-state index contributed by atoms with van der Waals surface area (Å²) in [5.41, 5.74) is 16.6. The molecule has 0 rings (SSSR count). The fourth-order valence-electron chi connectivity index (χ4n) is 1.23. The van der Waals surface area contributed by atoms with Crippen LogP contribution in [0.5, 0.6) is 0 Å². The molecule has 0 aliphatic heterocycles. The third-order valence-electron chi connectivity index (χ3n) is 2.12. The average molecular weight is 219 g/mol. The van der Waals surface area contributed by atoms with Crippen molar-refractivity contribution in [3.05, 3.63) is 0 Å². The molecule has 0 heterocycles. The average Bonchev–Trinajstić information content (AvgIpc) is 2.19. The minimum atomic E-state index is -0.416. The molecule has 0 saturated carbocycles. The summed E-state index contributed by atoms with van der Waals surface area (Å²) in [5, 5.41) is 0. The van der Waals surface area contributed by atoms with E-state index in [0.29, 0.717) is 0 Å². The van der Waals surface area contributed by atoms with Crippen LogP contribution in [0.2, 0.25) is 6.04 Å². The number of hydrogen-bond donors (Lipinski definition) is 3. The maximum Gasteiger partial charge on any atom is 0.163 e. The van der Waals surface area contributed by atoms with Gasteiger partial charge in [0, 0.05) is 0 Å². The molecule has 1 atom stereocenters. The Hall–Kier alpha value is 0.0569. The molecule has 0 aromatic carbocycles. The molecule has 5 heteroatoms. The molecule has 0 saturated heterocycles. The van der Waals surface area contributed by atoms with Crippen LogP contribution < -0.4 is 17.2 Å². The smallest absolute Gasteiger partial charge is 0.163 e. The first-order valence-corrected chi connectivity index (χ1v) is 7.16. The van der Waals surface area contributed by atoms with Crippen LogP contribution in [0.4, 0.5) is 0 Å². The minimum Gasteiger partial charge on any atom is -0.409 e. The van der Waals surface area contributed by atoms with Gasteiger partial charge in [-0.25, -0.2) is 0 Å². The van der Waals surface area contributed by atoms with E-state index in [4.69, 9.17) is 21.6 Å². The Morgan fingerprint density at radius 1 is 1.00 bits per heavy atom. The van der Waals surface area contributed by atoms with Crippen LogP contribution in [0.1, 0.15) is 32.1 Å². The fourth-order valence-corrected chi connectivity index (χ4v) is 2.36. The van der Waals surface area contributed by atoms with Gasteiger partial charge in [0.05, 0.1) is 6.23 Å². The van der Waals surface area contributed by atoms with E-state index in [1.54, 1.807) is 0 Å². The standard InChI is InChI=1S/C9H25N3OSi/c10-6-3-1-2-5-9(12)13-14-8-4-7-11/h9H,1-8,10-12,14H2. The van der Waals surface area contributed by atoms with Gasteiger partial charge in [0.2, 0.25) is 0 Å². The molecule has 0 bridgehead atoms. The Morgan fingerprint density at radius 3 is 2.36 bits per heavy atom. The highest BCUT2D eigenvalue weighted by molar-refractivity contribution is 6.27. The van der Waals surface area contributed by atoms with Crippen molar-refractivity contribution in [1.29, 1.82) is 0 Å². The maximum atomic E-state index is 5.79. The summed E-state index contributed by atoms with van der Waals surface area (Å²) in [6.07, 6.45) is 5.39. The first-order valence-electron chi connectivity index (χ1n) is 5.58. The molecule has 0 amide bonds. The molecule has 1 unspecified atom stereocenters. The fraction of sp³-hybridized carbons (Fsp3) is 1.00. The molecule has 6 N–H and O–H groups in total. The molecular formula is C9H25N3OSi. The lowest BCUT2D eigenvalue weighted by Crippen LogP contribution is -2.25. The van der Waals surface area contributed by atoms with Crippen LogP contribution in [0.15, 0.2) is 0 Å². The number of nitrogens with two attached hydrogens (primary N) is 3. The van der Waals surface area contributed by atoms with Crippen molar-refractivity contribution in [1.82, 2.24) is 0 Å². The van der Waals surface area contributed by atoms with Crippen LogP contribution in [0, 0.1) is 0 Å². The van der Waals surface area contributed by atoms with Crippen molar-refractivity contribution in [2.24, 2.45) is 17.2 Å². The van der Waals surface area contributed by atoms with Crippen LogP contribution in [0.25, 0.3) is 0 Å². The predicted octanol–water partition coefficient (Wildman–Crippen LogP) is -0.342. The quantitative estimate of drug-likeness (QED) is 0.266. The third kappa shape index (κ3) is 10.1. The van der Waals surface area contributed by atoms with Gasteiger partial charge in [-0.3, -0.25) is 0 Å². The normalized spacial score (nSPS) is 13.9. The van der Waals surface area contributed by atoms with Crippen molar-refractivity contribution in [2.45, 2.75) is 44.4 Å². The summed E-state index contributed by atoms with van der Waals surface area (Å²) in [6, 6.07) is 1.15. The van der Waals surface area contributed by atoms with E-state index in [9.17, 15) is 0 Å². The van der Waals surface area contributed by atoms with E-state index in [0.717, 1.165) is 51.2 Å². The van der Waals surface area contributed by atoms with Crippen molar-refractivity contribution in [3.63, 3.8) is 0 Å². The van der Waals surface area contributed by atoms with E-state index in [2.05, 4.69) is 0 Å². The van der Waals surface area contributed by atoms with Gasteiger partial charge in [0.25, 0.3) is 0 Å². The highest BCUT2D eigenvalue weighted by Crippen LogP contribution is 2.02. The molecule has 0 aromatic heterocycles. The predicted molar refractivity (Wildman–Crippen MR) is 63.6 cm³/mol. The number of unbranched alkanes of at least 4 members (excludes halogenated alkanes) is 2. The molecule has 0 spiro atoms. The highest BCUT2D eigenvalue weighted by atomic mass is 28.2. The van der Waals surface area contributed by atoms with Crippen LogP contribution in [-0.4, -0.2) is 29.1 Å². The summed E-state index contributed by atoms with van der Waals surface area (Å²) < 4.78 is 5.55. The zero-order chi connectivity index (χ0) is 10.6. The Morgan fingerprint density at radius 2 is 1.71 bits per heavy atom. The van der Waals surface area contributed by atoms with Gasteiger partial charge in [-0.1, -0.05) is 6.42 Å². The Kier molecular flexibility index (Phi) is 11.2. The Labute approximate surface area is 89.5 Å². The van der Waals surface area contributed by atoms with Gasteiger partial charge >= 0.3 is 0 Å². The molecule has 0 aromatic rings. The van der Waals surface area contributed by atoms with Crippen LogP contribution in [-0.2, 0) is 4.43 Å². The lowest BCUT2D eigenvalue weighted by atomic mass is 10.2. The van der Waals surface area contributed by atoms with Gasteiger partial charge < -0.3 is 21.6 Å². The van der Waals surface area contributed by atoms with Gasteiger partial charge in [0.15, 0.2) is 9.76 Å². The topological polar surface area (TPSA) is 87.3 Å². The second-order valence-corrected chi connectivity index (χ2v) is 4.99. The Bertz CT molecular complexity index is 104. The minimum absolute atomic E-state index is 0.0442. The van der Waals surface area contributed by atoms with E-state index >= 15 is 0 Å². The van der Waals surface area contributed by atoms with Gasteiger partial charge in [-0.2, -0.15) is 0 Å². The first kappa shape index (κ1) is 14.1. The molecular weight excluding hydrogens is 194 g/mol. The largest absolute Gasteiger partial charge is 0.409 e. The molecule has 0 aliphatic rings. The van der Waals surface area contributed by atoms with E-state index in [-0.39, 0.29) is 6.23 Å². The molecule has 0 aliphatic carbocycles. The lowest BCUT2D eigenvalue weighted by Gasteiger charge is -2.12. The van der Waals surface area contributed by atoms with Crippen LogP contribution >= 0.6 is 0 Å². The first-order chi connectivity index (χ1) is 6.81. The SMILES string of the molecule is NCCCCCC(N)O[SiH2]CCCN. The maximum absolute atomic E-state index is 5.79. The summed E-state index contributed by atoms with van der Waals surface area (Å²) in [6.45, 7) is 1.55. The third-order valence-corrected chi connectivity index (χ3v) is 3.58. The molecule has 86 valence electrons. The van der Waals surface area contributed by atoms with Gasteiger partial charge in [-0.05, 0) is 44.8 Å². The number of hydrogen-bond acceptors (Lipinski definition) is 4.